The van der Waals surface area contributed by atoms with Crippen molar-refractivity contribution in [2.45, 2.75) is 13.3 Å². The predicted octanol–water partition coefficient (Wildman–Crippen LogP) is 3.49. The fourth-order valence-electron chi connectivity index (χ4n) is 3.09. The zero-order valence-electron chi connectivity index (χ0n) is 16.8. The normalized spacial score (nSPS) is 15.2. The Kier molecular flexibility index (Phi) is 6.32. The number of aryl methyl sites for hydroxylation is 1. The number of amides is 4. The van der Waals surface area contributed by atoms with Gasteiger partial charge in [0.15, 0.2) is 0 Å². The summed E-state index contributed by atoms with van der Waals surface area (Å²) in [6.45, 7) is 5.78. The van der Waals surface area contributed by atoms with Crippen LogP contribution in [0.4, 0.5) is 10.5 Å². The van der Waals surface area contributed by atoms with Crippen LogP contribution >= 0.6 is 0 Å². The SMILES string of the molecule is C=CCOc1cc(OC)ccc1/C=C1/C(=O)NC(=O)N(c2ccccc2CC)C1=O. The molecule has 4 amide bonds. The molecule has 30 heavy (non-hydrogen) atoms. The quantitative estimate of drug-likeness (QED) is 0.432. The number of ether oxygens (including phenoxy) is 2. The molecule has 2 aromatic rings. The number of methoxy groups -OCH3 is 1. The van der Waals surface area contributed by atoms with Crippen molar-refractivity contribution in [2.24, 2.45) is 0 Å². The maximum absolute atomic E-state index is 13.2. The summed E-state index contributed by atoms with van der Waals surface area (Å²) in [4.78, 5) is 39.1. The van der Waals surface area contributed by atoms with Gasteiger partial charge in [0, 0.05) is 11.6 Å². The molecule has 2 aromatic carbocycles. The smallest absolute Gasteiger partial charge is 0.335 e. The molecule has 1 saturated heterocycles. The number of benzene rings is 2. The van der Waals surface area contributed by atoms with Gasteiger partial charge in [-0.05, 0) is 36.3 Å². The fourth-order valence-corrected chi connectivity index (χ4v) is 3.09. The van der Waals surface area contributed by atoms with Gasteiger partial charge in [-0.3, -0.25) is 14.9 Å². The summed E-state index contributed by atoms with van der Waals surface area (Å²) in [5.74, 6) is -0.486. The Morgan fingerprint density at radius 1 is 1.13 bits per heavy atom. The summed E-state index contributed by atoms with van der Waals surface area (Å²) in [6.07, 6.45) is 3.61. The molecule has 1 aliphatic rings. The molecule has 7 nitrogen and oxygen atoms in total. The first-order chi connectivity index (χ1) is 14.5. The summed E-state index contributed by atoms with van der Waals surface area (Å²) in [5.41, 5.74) is 1.58. The van der Waals surface area contributed by atoms with Gasteiger partial charge in [-0.1, -0.05) is 37.8 Å². The van der Waals surface area contributed by atoms with Gasteiger partial charge < -0.3 is 9.47 Å². The van der Waals surface area contributed by atoms with Gasteiger partial charge >= 0.3 is 6.03 Å². The van der Waals surface area contributed by atoms with Crippen LogP contribution in [0.1, 0.15) is 18.1 Å². The third kappa shape index (κ3) is 4.10. The van der Waals surface area contributed by atoms with Gasteiger partial charge in [0.2, 0.25) is 0 Å². The Hall–Kier alpha value is -3.87. The van der Waals surface area contributed by atoms with Gasteiger partial charge in [0.25, 0.3) is 11.8 Å². The summed E-state index contributed by atoms with van der Waals surface area (Å²) < 4.78 is 10.9. The second-order valence-corrected chi connectivity index (χ2v) is 6.44. The predicted molar refractivity (Wildman–Crippen MR) is 114 cm³/mol. The number of anilines is 1. The highest BCUT2D eigenvalue weighted by Crippen LogP contribution is 2.30. The number of carbonyl (C=O) groups excluding carboxylic acids is 3. The maximum atomic E-state index is 13.2. The molecule has 0 saturated carbocycles. The number of nitrogens with one attached hydrogen (secondary N) is 1. The molecule has 0 aromatic heterocycles. The molecule has 0 radical (unpaired) electrons. The Morgan fingerprint density at radius 3 is 2.60 bits per heavy atom. The van der Waals surface area contributed by atoms with E-state index in [1.165, 1.54) is 13.2 Å². The first-order valence-electron chi connectivity index (χ1n) is 9.41. The van der Waals surface area contributed by atoms with E-state index in [0.29, 0.717) is 29.2 Å². The van der Waals surface area contributed by atoms with Crippen LogP contribution in [0.5, 0.6) is 11.5 Å². The van der Waals surface area contributed by atoms with E-state index in [0.717, 1.165) is 10.5 Å². The monoisotopic (exact) mass is 406 g/mol. The molecule has 3 rings (SSSR count). The number of carbonyl (C=O) groups is 3. The Labute approximate surface area is 174 Å². The zero-order valence-corrected chi connectivity index (χ0v) is 16.8. The lowest BCUT2D eigenvalue weighted by Gasteiger charge is -2.28. The highest BCUT2D eigenvalue weighted by atomic mass is 16.5. The Morgan fingerprint density at radius 2 is 1.90 bits per heavy atom. The molecule has 0 atom stereocenters. The van der Waals surface area contributed by atoms with Gasteiger partial charge in [-0.2, -0.15) is 0 Å². The van der Waals surface area contributed by atoms with Crippen LogP contribution in [-0.2, 0) is 16.0 Å². The average Bonchev–Trinajstić information content (AvgIpc) is 2.75. The Balaban J connectivity index is 2.06. The van der Waals surface area contributed by atoms with E-state index in [-0.39, 0.29) is 12.2 Å². The summed E-state index contributed by atoms with van der Waals surface area (Å²) >= 11 is 0. The van der Waals surface area contributed by atoms with Gasteiger partial charge in [-0.15, -0.1) is 0 Å². The molecule has 1 heterocycles. The van der Waals surface area contributed by atoms with Crippen molar-refractivity contribution in [3.8, 4) is 11.5 Å². The van der Waals surface area contributed by atoms with Crippen molar-refractivity contribution in [1.82, 2.24) is 5.32 Å². The van der Waals surface area contributed by atoms with Crippen LogP contribution in [0.15, 0.2) is 60.7 Å². The molecular weight excluding hydrogens is 384 g/mol. The first kappa shape index (κ1) is 20.9. The molecule has 154 valence electrons. The molecule has 7 heteroatoms. The third-order valence-electron chi connectivity index (χ3n) is 4.59. The van der Waals surface area contributed by atoms with Crippen LogP contribution in [0.2, 0.25) is 0 Å². The highest BCUT2D eigenvalue weighted by molar-refractivity contribution is 6.39. The van der Waals surface area contributed by atoms with Crippen molar-refractivity contribution in [1.29, 1.82) is 0 Å². The lowest BCUT2D eigenvalue weighted by atomic mass is 10.0. The van der Waals surface area contributed by atoms with Crippen LogP contribution in [0.3, 0.4) is 0 Å². The van der Waals surface area contributed by atoms with E-state index in [1.807, 2.05) is 19.1 Å². The molecule has 1 N–H and O–H groups in total. The first-order valence-corrected chi connectivity index (χ1v) is 9.41. The summed E-state index contributed by atoms with van der Waals surface area (Å²) in [5, 5.41) is 2.24. The molecule has 1 aliphatic heterocycles. The zero-order chi connectivity index (χ0) is 21.7. The third-order valence-corrected chi connectivity index (χ3v) is 4.59. The number of para-hydroxylation sites is 1. The van der Waals surface area contributed by atoms with Crippen molar-refractivity contribution < 1.29 is 23.9 Å². The van der Waals surface area contributed by atoms with E-state index in [2.05, 4.69) is 11.9 Å². The van der Waals surface area contributed by atoms with E-state index in [1.54, 1.807) is 36.4 Å². The number of barbiturate groups is 1. The largest absolute Gasteiger partial charge is 0.497 e. The van der Waals surface area contributed by atoms with Crippen LogP contribution in [0.25, 0.3) is 6.08 Å². The van der Waals surface area contributed by atoms with E-state index < -0.39 is 17.8 Å². The van der Waals surface area contributed by atoms with Crippen molar-refractivity contribution >= 4 is 29.6 Å². The number of imide groups is 2. The molecule has 0 aliphatic carbocycles. The van der Waals surface area contributed by atoms with E-state index in [9.17, 15) is 14.4 Å². The second-order valence-electron chi connectivity index (χ2n) is 6.44. The molecule has 0 bridgehead atoms. The molecule has 1 fully saturated rings. The van der Waals surface area contributed by atoms with E-state index >= 15 is 0 Å². The van der Waals surface area contributed by atoms with Crippen LogP contribution in [0, 0.1) is 0 Å². The van der Waals surface area contributed by atoms with Crippen molar-refractivity contribution in [3.05, 3.63) is 71.8 Å². The van der Waals surface area contributed by atoms with Gasteiger partial charge in [-0.25, -0.2) is 9.69 Å². The number of urea groups is 1. The molecular formula is C23H22N2O5. The highest BCUT2D eigenvalue weighted by Gasteiger charge is 2.37. The number of rotatable bonds is 7. The summed E-state index contributed by atoms with van der Waals surface area (Å²) in [6, 6.07) is 11.3. The lowest BCUT2D eigenvalue weighted by Crippen LogP contribution is -2.54. The molecule has 0 unspecified atom stereocenters. The minimum Gasteiger partial charge on any atom is -0.497 e. The standard InChI is InChI=1S/C23H22N2O5/c1-4-12-30-20-14-17(29-3)11-10-16(20)13-18-21(26)24-23(28)25(22(18)27)19-9-7-6-8-15(19)5-2/h4,6-11,13-14H,1,5,12H2,2-3H3,(H,24,26,28)/b18-13-. The molecule has 0 spiro atoms. The van der Waals surface area contributed by atoms with Crippen molar-refractivity contribution in [3.63, 3.8) is 0 Å². The maximum Gasteiger partial charge on any atom is 0.335 e. The number of nitrogens with zero attached hydrogens (tertiary/aromatic N) is 1. The minimum absolute atomic E-state index is 0.172. The Bertz CT molecular complexity index is 1040. The minimum atomic E-state index is -0.777. The van der Waals surface area contributed by atoms with E-state index in [4.69, 9.17) is 9.47 Å². The van der Waals surface area contributed by atoms with Crippen LogP contribution in [-0.4, -0.2) is 31.6 Å². The van der Waals surface area contributed by atoms with Crippen molar-refractivity contribution in [2.75, 3.05) is 18.6 Å². The second kappa shape index (κ2) is 9.09. The average molecular weight is 406 g/mol. The number of hydrogen-bond donors (Lipinski definition) is 1. The van der Waals surface area contributed by atoms with Crippen LogP contribution < -0.4 is 19.7 Å². The topological polar surface area (TPSA) is 84.9 Å². The van der Waals surface area contributed by atoms with Gasteiger partial charge in [0.1, 0.15) is 23.7 Å². The number of hydrogen-bond acceptors (Lipinski definition) is 5. The lowest BCUT2D eigenvalue weighted by molar-refractivity contribution is -0.122. The fraction of sp³-hybridized carbons (Fsp3) is 0.174. The summed E-state index contributed by atoms with van der Waals surface area (Å²) in [7, 11) is 1.53. The van der Waals surface area contributed by atoms with Gasteiger partial charge in [0.05, 0.1) is 12.8 Å².